The molecule has 0 spiro atoms. The summed E-state index contributed by atoms with van der Waals surface area (Å²) in [5, 5.41) is 0. The van der Waals surface area contributed by atoms with Crippen LogP contribution in [0.25, 0.3) is 0 Å². The fourth-order valence-electron chi connectivity index (χ4n) is 3.01. The highest BCUT2D eigenvalue weighted by atomic mass is 35.5. The predicted octanol–water partition coefficient (Wildman–Crippen LogP) is 2.83. The first-order chi connectivity index (χ1) is 13.6. The van der Waals surface area contributed by atoms with E-state index in [0.29, 0.717) is 10.8 Å². The highest BCUT2D eigenvalue weighted by Gasteiger charge is 2.41. The van der Waals surface area contributed by atoms with Crippen molar-refractivity contribution in [1.29, 1.82) is 0 Å². The van der Waals surface area contributed by atoms with E-state index in [4.69, 9.17) is 22.1 Å². The van der Waals surface area contributed by atoms with Crippen LogP contribution in [-0.2, 0) is 14.8 Å². The number of ketones is 1. The minimum atomic E-state index is -3.95. The second-order valence-electron chi connectivity index (χ2n) is 6.55. The molecular formula is C18H18ClFN2O5S2. The monoisotopic (exact) mass is 460 g/mol. The Kier molecular flexibility index (Phi) is 6.39. The minimum absolute atomic E-state index is 0.0186. The molecule has 0 amide bonds. The van der Waals surface area contributed by atoms with E-state index in [1.165, 1.54) is 19.1 Å². The number of benzene rings is 1. The van der Waals surface area contributed by atoms with Gasteiger partial charge in [-0.05, 0) is 50.1 Å². The Balaban J connectivity index is 1.95. The van der Waals surface area contributed by atoms with Crippen molar-refractivity contribution in [2.75, 3.05) is 6.54 Å². The highest BCUT2D eigenvalue weighted by Crippen LogP contribution is 2.34. The van der Waals surface area contributed by atoms with Crippen molar-refractivity contribution in [1.82, 2.24) is 4.31 Å². The zero-order chi connectivity index (χ0) is 21.3. The van der Waals surface area contributed by atoms with Gasteiger partial charge in [-0.3, -0.25) is 4.79 Å². The van der Waals surface area contributed by atoms with E-state index in [0.717, 1.165) is 33.8 Å². The van der Waals surface area contributed by atoms with Crippen molar-refractivity contribution in [2.24, 2.45) is 5.73 Å². The molecule has 1 fully saturated rings. The van der Waals surface area contributed by atoms with Crippen LogP contribution in [0.1, 0.15) is 30.1 Å². The number of esters is 1. The molecule has 1 saturated heterocycles. The number of rotatable bonds is 6. The average molecular weight is 461 g/mol. The van der Waals surface area contributed by atoms with E-state index in [-0.39, 0.29) is 28.5 Å². The summed E-state index contributed by atoms with van der Waals surface area (Å²) in [6.45, 7) is 1.54. The van der Waals surface area contributed by atoms with Gasteiger partial charge in [0.05, 0.1) is 15.9 Å². The van der Waals surface area contributed by atoms with Gasteiger partial charge >= 0.3 is 5.97 Å². The number of nitrogens with zero attached hydrogens (tertiary/aromatic N) is 1. The molecule has 1 aliphatic heterocycles. The first-order valence-electron chi connectivity index (χ1n) is 8.69. The largest absolute Gasteiger partial charge is 0.425 e. The van der Waals surface area contributed by atoms with E-state index in [1.807, 2.05) is 0 Å². The minimum Gasteiger partial charge on any atom is -0.425 e. The zero-order valence-corrected chi connectivity index (χ0v) is 17.7. The van der Waals surface area contributed by atoms with E-state index >= 15 is 0 Å². The summed E-state index contributed by atoms with van der Waals surface area (Å²) < 4.78 is 46.3. The number of hydrogen-bond donors (Lipinski definition) is 1. The number of sulfonamides is 1. The summed E-state index contributed by atoms with van der Waals surface area (Å²) in [6.07, 6.45) is 0.716. The van der Waals surface area contributed by atoms with Crippen LogP contribution in [0, 0.1) is 5.82 Å². The van der Waals surface area contributed by atoms with Crippen molar-refractivity contribution in [3.63, 3.8) is 0 Å². The van der Waals surface area contributed by atoms with Gasteiger partial charge in [0.25, 0.3) is 10.0 Å². The maximum atomic E-state index is 13.8. The van der Waals surface area contributed by atoms with Crippen LogP contribution in [0.2, 0.25) is 4.34 Å². The molecule has 2 heterocycles. The van der Waals surface area contributed by atoms with Crippen LogP contribution in [-0.4, -0.2) is 43.1 Å². The quantitative estimate of drug-likeness (QED) is 0.403. The third-order valence-corrected chi connectivity index (χ3v) is 8.01. The molecule has 0 bridgehead atoms. The molecule has 0 saturated carbocycles. The number of thiophene rings is 1. The third kappa shape index (κ3) is 4.51. The Morgan fingerprint density at radius 1 is 1.34 bits per heavy atom. The molecule has 2 atom stereocenters. The van der Waals surface area contributed by atoms with Crippen LogP contribution in [0.3, 0.4) is 0 Å². The molecule has 29 heavy (non-hydrogen) atoms. The number of carbonyl (C=O) groups is 2. The summed E-state index contributed by atoms with van der Waals surface area (Å²) >= 11 is 6.74. The first-order valence-corrected chi connectivity index (χ1v) is 11.3. The van der Waals surface area contributed by atoms with E-state index in [2.05, 4.69) is 0 Å². The maximum Gasteiger partial charge on any atom is 0.328 e. The summed E-state index contributed by atoms with van der Waals surface area (Å²) in [7, 11) is -3.95. The Hall–Kier alpha value is -1.85. The molecule has 2 N–H and O–H groups in total. The number of Topliss-reactive ketones (excluding diaryl/α,β-unsaturated/α-hetero) is 1. The molecule has 1 aliphatic rings. The predicted molar refractivity (Wildman–Crippen MR) is 106 cm³/mol. The van der Waals surface area contributed by atoms with Gasteiger partial charge in [-0.1, -0.05) is 11.6 Å². The molecular weight excluding hydrogens is 443 g/mol. The lowest BCUT2D eigenvalue weighted by Gasteiger charge is -2.23. The Bertz CT molecular complexity index is 1050. The molecule has 156 valence electrons. The lowest BCUT2D eigenvalue weighted by atomic mass is 10.0. The zero-order valence-electron chi connectivity index (χ0n) is 15.3. The van der Waals surface area contributed by atoms with Gasteiger partial charge in [-0.25, -0.2) is 17.6 Å². The molecule has 7 nitrogen and oxygen atoms in total. The fourth-order valence-corrected chi connectivity index (χ4v) is 6.27. The highest BCUT2D eigenvalue weighted by molar-refractivity contribution is 7.91. The van der Waals surface area contributed by atoms with Crippen molar-refractivity contribution in [2.45, 2.75) is 36.1 Å². The van der Waals surface area contributed by atoms with Crippen molar-refractivity contribution < 1.29 is 27.1 Å². The molecule has 11 heteroatoms. The molecule has 0 unspecified atom stereocenters. The number of hydrogen-bond acceptors (Lipinski definition) is 7. The molecule has 0 aliphatic carbocycles. The normalized spacial score (nSPS) is 18.6. The van der Waals surface area contributed by atoms with Gasteiger partial charge in [0.1, 0.15) is 21.8 Å². The number of halogens is 2. The van der Waals surface area contributed by atoms with Crippen LogP contribution < -0.4 is 10.5 Å². The summed E-state index contributed by atoms with van der Waals surface area (Å²) in [6, 6.07) is 3.96. The van der Waals surface area contributed by atoms with Gasteiger partial charge in [-0.2, -0.15) is 4.31 Å². The van der Waals surface area contributed by atoms with Gasteiger partial charge in [0.2, 0.25) is 0 Å². The molecule has 1 aromatic heterocycles. The van der Waals surface area contributed by atoms with E-state index < -0.39 is 39.7 Å². The first kappa shape index (κ1) is 21.8. The molecule has 3 rings (SSSR count). The lowest BCUT2D eigenvalue weighted by Crippen LogP contribution is -2.40. The van der Waals surface area contributed by atoms with E-state index in [9.17, 15) is 22.4 Å². The second-order valence-corrected chi connectivity index (χ2v) is 10.4. The fraction of sp³-hybridized carbons (Fsp3) is 0.333. The third-order valence-electron chi connectivity index (χ3n) is 4.41. The van der Waals surface area contributed by atoms with Gasteiger partial charge in [-0.15, -0.1) is 11.3 Å². The van der Waals surface area contributed by atoms with Crippen LogP contribution in [0.15, 0.2) is 34.5 Å². The van der Waals surface area contributed by atoms with Crippen LogP contribution in [0.4, 0.5) is 4.39 Å². The number of ether oxygens (including phenoxy) is 1. The van der Waals surface area contributed by atoms with E-state index in [1.54, 1.807) is 0 Å². The number of carbonyl (C=O) groups excluding carboxylic acids is 2. The van der Waals surface area contributed by atoms with Gasteiger partial charge < -0.3 is 10.5 Å². The van der Waals surface area contributed by atoms with Crippen LogP contribution in [0.5, 0.6) is 5.75 Å². The molecule has 2 aromatic rings. The Labute approximate surface area is 176 Å². The average Bonchev–Trinajstić information content (AvgIpc) is 3.32. The van der Waals surface area contributed by atoms with Gasteiger partial charge in [0.15, 0.2) is 5.78 Å². The van der Waals surface area contributed by atoms with Crippen molar-refractivity contribution >= 4 is 44.7 Å². The van der Waals surface area contributed by atoms with Crippen molar-refractivity contribution in [3.8, 4) is 5.75 Å². The topological polar surface area (TPSA) is 107 Å². The van der Waals surface area contributed by atoms with Crippen molar-refractivity contribution in [3.05, 3.63) is 46.0 Å². The van der Waals surface area contributed by atoms with Crippen LogP contribution >= 0.6 is 22.9 Å². The Morgan fingerprint density at radius 3 is 2.69 bits per heavy atom. The summed E-state index contributed by atoms with van der Waals surface area (Å²) in [5.74, 6) is -2.33. The second kappa shape index (κ2) is 8.49. The summed E-state index contributed by atoms with van der Waals surface area (Å²) in [4.78, 5) is 25.0. The standard InChI is InChI=1S/C18H18ClFN2O5S2/c1-10(21)18(24)27-14-5-4-11(20)9-12(14)17(23)13-3-2-8-22(13)29(25,26)16-7-6-15(19)28-16/h4-7,9-10,13H,2-3,8,21H2,1H3/t10-,13-/m0/s1. The molecule has 0 radical (unpaired) electrons. The number of nitrogens with two attached hydrogens (primary N) is 1. The van der Waals surface area contributed by atoms with Gasteiger partial charge in [0, 0.05) is 6.54 Å². The SMILES string of the molecule is C[C@H](N)C(=O)Oc1ccc(F)cc1C(=O)[C@@H]1CCCN1S(=O)(=O)c1ccc(Cl)s1. The summed E-state index contributed by atoms with van der Waals surface area (Å²) in [5.41, 5.74) is 5.26. The smallest absolute Gasteiger partial charge is 0.328 e. The lowest BCUT2D eigenvalue weighted by molar-refractivity contribution is -0.135. The Morgan fingerprint density at radius 2 is 2.07 bits per heavy atom. The molecule has 1 aromatic carbocycles. The maximum absolute atomic E-state index is 13.8.